The third-order valence-corrected chi connectivity index (χ3v) is 5.81. The van der Waals surface area contributed by atoms with Crippen LogP contribution in [0.4, 0.5) is 0 Å². The lowest BCUT2D eigenvalue weighted by Gasteiger charge is -2.26. The maximum absolute atomic E-state index is 13.2. The van der Waals surface area contributed by atoms with Crippen LogP contribution in [0, 0.1) is 6.92 Å². The first kappa shape index (κ1) is 25.4. The fraction of sp³-hybridized carbons (Fsp3) is 0.360. The molecular weight excluding hydrogens is 462 g/mol. The van der Waals surface area contributed by atoms with Crippen LogP contribution in [-0.4, -0.2) is 62.8 Å². The van der Waals surface area contributed by atoms with Gasteiger partial charge in [0.2, 0.25) is 0 Å². The summed E-state index contributed by atoms with van der Waals surface area (Å²) in [5.74, 6) is -0.763. The van der Waals surface area contributed by atoms with Crippen LogP contribution in [0.1, 0.15) is 29.7 Å². The Bertz CT molecular complexity index is 1130. The fourth-order valence-electron chi connectivity index (χ4n) is 4.04. The molecule has 0 bridgehead atoms. The number of rotatable bonds is 9. The highest BCUT2D eigenvalue weighted by Gasteiger charge is 2.46. The smallest absolute Gasteiger partial charge is 0.295 e. The minimum absolute atomic E-state index is 0.0753. The standard InChI is InChI=1S/C25H28ClNO7/c1-6-34-19-13-15(7-8-18(19)32-4)21-20(23(29)25(30)27(21)9-10-31-3)22(28)16-11-14(2)12-17(26)24(16)33-5/h7-8,11-13,21,28H,6,9-10H2,1-5H3/b22-20+. The van der Waals surface area contributed by atoms with Crippen LogP contribution in [0.25, 0.3) is 5.76 Å². The zero-order valence-electron chi connectivity index (χ0n) is 19.8. The molecule has 1 aliphatic rings. The summed E-state index contributed by atoms with van der Waals surface area (Å²) in [5.41, 5.74) is 1.47. The van der Waals surface area contributed by atoms with E-state index < -0.39 is 17.7 Å². The van der Waals surface area contributed by atoms with Crippen molar-refractivity contribution in [3.05, 3.63) is 57.6 Å². The van der Waals surface area contributed by atoms with Crippen LogP contribution in [0.15, 0.2) is 35.9 Å². The average molecular weight is 490 g/mol. The number of halogens is 1. The highest BCUT2D eigenvalue weighted by Crippen LogP contribution is 2.44. The monoisotopic (exact) mass is 489 g/mol. The van der Waals surface area contributed by atoms with Crippen molar-refractivity contribution in [2.24, 2.45) is 0 Å². The fourth-order valence-corrected chi connectivity index (χ4v) is 4.39. The second kappa shape index (κ2) is 10.8. The molecule has 1 aliphatic heterocycles. The number of benzene rings is 2. The number of aliphatic hydroxyl groups excluding tert-OH is 1. The maximum Gasteiger partial charge on any atom is 0.295 e. The molecule has 1 unspecified atom stereocenters. The predicted molar refractivity (Wildman–Crippen MR) is 128 cm³/mol. The summed E-state index contributed by atoms with van der Waals surface area (Å²) in [4.78, 5) is 27.6. The number of ketones is 1. The van der Waals surface area contributed by atoms with Gasteiger partial charge >= 0.3 is 0 Å². The molecule has 1 saturated heterocycles. The topological polar surface area (TPSA) is 94.5 Å². The number of carbonyl (C=O) groups excluding carboxylic acids is 2. The van der Waals surface area contributed by atoms with Crippen LogP contribution < -0.4 is 14.2 Å². The van der Waals surface area contributed by atoms with Gasteiger partial charge in [0.25, 0.3) is 11.7 Å². The van der Waals surface area contributed by atoms with Crippen LogP contribution in [0.5, 0.6) is 17.2 Å². The van der Waals surface area contributed by atoms with Gasteiger partial charge < -0.3 is 29.0 Å². The van der Waals surface area contributed by atoms with E-state index in [-0.39, 0.29) is 40.8 Å². The van der Waals surface area contributed by atoms with Gasteiger partial charge in [0.15, 0.2) is 11.5 Å². The van der Waals surface area contributed by atoms with E-state index >= 15 is 0 Å². The van der Waals surface area contributed by atoms with Crippen molar-refractivity contribution in [1.29, 1.82) is 0 Å². The Kier molecular flexibility index (Phi) is 8.06. The molecule has 9 heteroatoms. The van der Waals surface area contributed by atoms with E-state index in [9.17, 15) is 14.7 Å². The molecule has 1 atom stereocenters. The lowest BCUT2D eigenvalue weighted by atomic mass is 9.94. The van der Waals surface area contributed by atoms with E-state index in [1.807, 2.05) is 6.92 Å². The highest BCUT2D eigenvalue weighted by atomic mass is 35.5. The van der Waals surface area contributed by atoms with Gasteiger partial charge in [-0.15, -0.1) is 0 Å². The lowest BCUT2D eigenvalue weighted by Crippen LogP contribution is -2.32. The second-order valence-corrected chi connectivity index (χ2v) is 8.06. The van der Waals surface area contributed by atoms with Crippen molar-refractivity contribution in [2.45, 2.75) is 19.9 Å². The maximum atomic E-state index is 13.2. The van der Waals surface area contributed by atoms with Gasteiger partial charge in [0.05, 0.1) is 49.6 Å². The van der Waals surface area contributed by atoms with Gasteiger partial charge in [-0.3, -0.25) is 9.59 Å². The molecular formula is C25H28ClNO7. The van der Waals surface area contributed by atoms with E-state index in [1.165, 1.54) is 26.2 Å². The molecule has 182 valence electrons. The van der Waals surface area contributed by atoms with Gasteiger partial charge in [0, 0.05) is 13.7 Å². The van der Waals surface area contributed by atoms with Crippen LogP contribution in [0.3, 0.4) is 0 Å². The lowest BCUT2D eigenvalue weighted by molar-refractivity contribution is -0.140. The van der Waals surface area contributed by atoms with E-state index in [0.29, 0.717) is 23.7 Å². The van der Waals surface area contributed by atoms with Gasteiger partial charge in [-0.1, -0.05) is 17.7 Å². The minimum atomic E-state index is -0.885. The second-order valence-electron chi connectivity index (χ2n) is 7.66. The van der Waals surface area contributed by atoms with Gasteiger partial charge in [-0.2, -0.15) is 0 Å². The Morgan fingerprint density at radius 1 is 1.09 bits per heavy atom. The molecule has 8 nitrogen and oxygen atoms in total. The largest absolute Gasteiger partial charge is 0.507 e. The predicted octanol–water partition coefficient (Wildman–Crippen LogP) is 4.13. The molecule has 34 heavy (non-hydrogen) atoms. The van der Waals surface area contributed by atoms with E-state index in [4.69, 9.17) is 30.5 Å². The Morgan fingerprint density at radius 2 is 1.82 bits per heavy atom. The Labute approximate surface area is 203 Å². The Hall–Kier alpha value is -3.23. The number of ether oxygens (including phenoxy) is 4. The summed E-state index contributed by atoms with van der Waals surface area (Å²) >= 11 is 6.32. The number of aryl methyl sites for hydroxylation is 1. The molecule has 1 N–H and O–H groups in total. The highest BCUT2D eigenvalue weighted by molar-refractivity contribution is 6.46. The number of likely N-dealkylation sites (tertiary alicyclic amines) is 1. The zero-order chi connectivity index (χ0) is 25.0. The van der Waals surface area contributed by atoms with E-state index in [2.05, 4.69) is 0 Å². The number of methoxy groups -OCH3 is 3. The normalized spacial score (nSPS) is 17.2. The summed E-state index contributed by atoms with van der Waals surface area (Å²) in [6, 6.07) is 7.58. The molecule has 1 heterocycles. The average Bonchev–Trinajstić information content (AvgIpc) is 3.06. The summed E-state index contributed by atoms with van der Waals surface area (Å²) < 4.78 is 21.6. The first-order chi connectivity index (χ1) is 16.3. The Morgan fingerprint density at radius 3 is 2.44 bits per heavy atom. The van der Waals surface area contributed by atoms with Crippen LogP contribution >= 0.6 is 11.6 Å². The summed E-state index contributed by atoms with van der Waals surface area (Å²) in [6.45, 7) is 4.38. The third kappa shape index (κ3) is 4.69. The number of hydrogen-bond donors (Lipinski definition) is 1. The first-order valence-corrected chi connectivity index (χ1v) is 11.1. The molecule has 0 spiro atoms. The first-order valence-electron chi connectivity index (χ1n) is 10.7. The molecule has 2 aromatic rings. The van der Waals surface area contributed by atoms with E-state index in [0.717, 1.165) is 5.56 Å². The Balaban J connectivity index is 2.28. The van der Waals surface area contributed by atoms with Gasteiger partial charge in [0.1, 0.15) is 11.5 Å². The summed E-state index contributed by atoms with van der Waals surface area (Å²) in [5, 5.41) is 11.6. The van der Waals surface area contributed by atoms with Crippen molar-refractivity contribution in [1.82, 2.24) is 4.90 Å². The SMILES string of the molecule is CCOc1cc(C2/C(=C(\O)c3cc(C)cc(Cl)c3OC)C(=O)C(=O)N2CCOC)ccc1OC. The summed E-state index contributed by atoms with van der Waals surface area (Å²) in [6.07, 6.45) is 0. The molecule has 1 fully saturated rings. The number of amides is 1. The molecule has 3 rings (SSSR count). The van der Waals surface area contributed by atoms with E-state index in [1.54, 1.807) is 37.3 Å². The quantitative estimate of drug-likeness (QED) is 0.321. The number of carbonyl (C=O) groups is 2. The zero-order valence-corrected chi connectivity index (χ0v) is 20.6. The number of hydrogen-bond acceptors (Lipinski definition) is 7. The molecule has 0 radical (unpaired) electrons. The van der Waals surface area contributed by atoms with Crippen molar-refractivity contribution >= 4 is 29.1 Å². The number of Topliss-reactive ketones (excluding diaryl/α,β-unsaturated/α-hetero) is 1. The minimum Gasteiger partial charge on any atom is -0.507 e. The van der Waals surface area contributed by atoms with Crippen LogP contribution in [0.2, 0.25) is 5.02 Å². The van der Waals surface area contributed by atoms with Gasteiger partial charge in [-0.25, -0.2) is 0 Å². The van der Waals surface area contributed by atoms with Crippen molar-refractivity contribution in [2.75, 3.05) is 41.1 Å². The molecule has 0 aromatic heterocycles. The van der Waals surface area contributed by atoms with Crippen molar-refractivity contribution in [3.63, 3.8) is 0 Å². The molecule has 1 amide bonds. The summed E-state index contributed by atoms with van der Waals surface area (Å²) in [7, 11) is 4.45. The van der Waals surface area contributed by atoms with Gasteiger partial charge in [-0.05, 0) is 49.2 Å². The third-order valence-electron chi connectivity index (χ3n) is 5.53. The van der Waals surface area contributed by atoms with Crippen molar-refractivity contribution < 1.29 is 33.6 Å². The molecule has 0 saturated carbocycles. The number of aliphatic hydroxyl groups is 1. The van der Waals surface area contributed by atoms with Crippen LogP contribution in [-0.2, 0) is 14.3 Å². The number of nitrogens with zero attached hydrogens (tertiary/aromatic N) is 1. The molecule has 2 aromatic carbocycles. The molecule has 0 aliphatic carbocycles. The van der Waals surface area contributed by atoms with Crippen molar-refractivity contribution in [3.8, 4) is 17.2 Å².